The molecule has 0 aromatic rings. The fourth-order valence-electron chi connectivity index (χ4n) is 2.31. The minimum absolute atomic E-state index is 0.129. The van der Waals surface area contributed by atoms with Gasteiger partial charge in [-0.25, -0.2) is 4.79 Å². The number of methoxy groups -OCH3 is 1. The van der Waals surface area contributed by atoms with Crippen LogP contribution in [0.5, 0.6) is 0 Å². The standard InChI is InChI=1S/C15H27NO4/c1-7-15(5,19-6)13(18)16-10-8-9-11(16)12(17)20-14(2,3)4/h11H,7-10H2,1-6H3/t11-,15?/m0/s1. The average Bonchev–Trinajstić information content (AvgIpc) is 2.84. The minimum atomic E-state index is -0.870. The molecule has 1 saturated heterocycles. The van der Waals surface area contributed by atoms with Crippen molar-refractivity contribution in [3.8, 4) is 0 Å². The highest BCUT2D eigenvalue weighted by atomic mass is 16.6. The van der Waals surface area contributed by atoms with Crippen LogP contribution in [0.25, 0.3) is 0 Å². The molecular formula is C15H27NO4. The SMILES string of the molecule is CCC(C)(OC)C(=O)N1CCC[C@H]1C(=O)OC(C)(C)C. The van der Waals surface area contributed by atoms with Crippen molar-refractivity contribution in [2.45, 2.75) is 71.1 Å². The first kappa shape index (κ1) is 17.0. The second-order valence-corrected chi connectivity index (χ2v) is 6.48. The molecular weight excluding hydrogens is 258 g/mol. The summed E-state index contributed by atoms with van der Waals surface area (Å²) in [5, 5.41) is 0. The second-order valence-electron chi connectivity index (χ2n) is 6.48. The molecule has 20 heavy (non-hydrogen) atoms. The van der Waals surface area contributed by atoms with Gasteiger partial charge in [-0.15, -0.1) is 0 Å². The topological polar surface area (TPSA) is 55.8 Å². The Bertz CT molecular complexity index is 369. The minimum Gasteiger partial charge on any atom is -0.458 e. The Hall–Kier alpha value is -1.10. The number of carbonyl (C=O) groups excluding carboxylic acids is 2. The number of nitrogens with zero attached hydrogens (tertiary/aromatic N) is 1. The van der Waals surface area contributed by atoms with E-state index in [-0.39, 0.29) is 11.9 Å². The molecule has 116 valence electrons. The monoisotopic (exact) mass is 285 g/mol. The van der Waals surface area contributed by atoms with Crippen LogP contribution in [-0.2, 0) is 19.1 Å². The van der Waals surface area contributed by atoms with E-state index in [9.17, 15) is 9.59 Å². The number of esters is 1. The Balaban J connectivity index is 2.85. The normalized spacial score (nSPS) is 22.5. The summed E-state index contributed by atoms with van der Waals surface area (Å²) in [7, 11) is 1.53. The zero-order chi connectivity index (χ0) is 15.6. The van der Waals surface area contributed by atoms with Crippen molar-refractivity contribution in [1.29, 1.82) is 0 Å². The highest BCUT2D eigenvalue weighted by Gasteiger charge is 2.43. The lowest BCUT2D eigenvalue weighted by Crippen LogP contribution is -2.52. The van der Waals surface area contributed by atoms with Crippen LogP contribution in [0.1, 0.15) is 53.9 Å². The highest BCUT2D eigenvalue weighted by molar-refractivity contribution is 5.90. The van der Waals surface area contributed by atoms with Crippen molar-refractivity contribution in [1.82, 2.24) is 4.90 Å². The van der Waals surface area contributed by atoms with Crippen molar-refractivity contribution in [2.24, 2.45) is 0 Å². The zero-order valence-electron chi connectivity index (χ0n) is 13.5. The molecule has 0 spiro atoms. The summed E-state index contributed by atoms with van der Waals surface area (Å²) in [6, 6.07) is -0.484. The summed E-state index contributed by atoms with van der Waals surface area (Å²) in [5.41, 5.74) is -1.41. The molecule has 1 aliphatic heterocycles. The maximum Gasteiger partial charge on any atom is 0.329 e. The first-order valence-corrected chi connectivity index (χ1v) is 7.23. The molecule has 1 amide bonds. The summed E-state index contributed by atoms with van der Waals surface area (Å²) < 4.78 is 10.8. The maximum absolute atomic E-state index is 12.6. The highest BCUT2D eigenvalue weighted by Crippen LogP contribution is 2.26. The van der Waals surface area contributed by atoms with Gasteiger partial charge in [-0.3, -0.25) is 4.79 Å². The first-order chi connectivity index (χ1) is 9.14. The lowest BCUT2D eigenvalue weighted by atomic mass is 10.0. The van der Waals surface area contributed by atoms with Crippen LogP contribution in [0.3, 0.4) is 0 Å². The van der Waals surface area contributed by atoms with Crippen molar-refractivity contribution in [2.75, 3.05) is 13.7 Å². The van der Waals surface area contributed by atoms with Gasteiger partial charge in [-0.05, 0) is 47.0 Å². The van der Waals surface area contributed by atoms with E-state index in [0.717, 1.165) is 6.42 Å². The predicted octanol–water partition coefficient (Wildman–Crippen LogP) is 2.13. The summed E-state index contributed by atoms with van der Waals surface area (Å²) in [6.07, 6.45) is 2.04. The van der Waals surface area contributed by atoms with Crippen molar-refractivity contribution < 1.29 is 19.1 Å². The van der Waals surface area contributed by atoms with Gasteiger partial charge in [0.2, 0.25) is 0 Å². The Labute approximate surface area is 121 Å². The molecule has 1 rings (SSSR count). The van der Waals surface area contributed by atoms with Gasteiger partial charge in [-0.2, -0.15) is 0 Å². The largest absolute Gasteiger partial charge is 0.458 e. The smallest absolute Gasteiger partial charge is 0.329 e. The van der Waals surface area contributed by atoms with Crippen LogP contribution in [0.15, 0.2) is 0 Å². The van der Waals surface area contributed by atoms with Crippen LogP contribution >= 0.6 is 0 Å². The molecule has 0 saturated carbocycles. The summed E-state index contributed by atoms with van der Waals surface area (Å²) in [4.78, 5) is 26.4. The van der Waals surface area contributed by atoms with Crippen LogP contribution in [0, 0.1) is 0 Å². The van der Waals surface area contributed by atoms with Crippen LogP contribution in [-0.4, -0.2) is 47.7 Å². The number of rotatable bonds is 4. The van der Waals surface area contributed by atoms with Crippen LogP contribution in [0.2, 0.25) is 0 Å². The zero-order valence-corrected chi connectivity index (χ0v) is 13.5. The van der Waals surface area contributed by atoms with Crippen molar-refractivity contribution >= 4 is 11.9 Å². The van der Waals surface area contributed by atoms with Gasteiger partial charge in [0, 0.05) is 13.7 Å². The molecule has 0 aromatic carbocycles. The summed E-state index contributed by atoms with van der Waals surface area (Å²) in [6.45, 7) is 9.74. The molecule has 0 bridgehead atoms. The quantitative estimate of drug-likeness (QED) is 0.743. The van der Waals surface area contributed by atoms with Crippen molar-refractivity contribution in [3.63, 3.8) is 0 Å². The lowest BCUT2D eigenvalue weighted by Gasteiger charge is -2.34. The molecule has 0 N–H and O–H groups in total. The van der Waals surface area contributed by atoms with Gasteiger partial charge < -0.3 is 14.4 Å². The molecule has 5 heteroatoms. The first-order valence-electron chi connectivity index (χ1n) is 7.23. The van der Waals surface area contributed by atoms with E-state index in [1.807, 2.05) is 27.7 Å². The molecule has 1 unspecified atom stereocenters. The van der Waals surface area contributed by atoms with Gasteiger partial charge in [0.1, 0.15) is 17.2 Å². The van der Waals surface area contributed by atoms with E-state index in [2.05, 4.69) is 0 Å². The maximum atomic E-state index is 12.6. The number of hydrogen-bond acceptors (Lipinski definition) is 4. The predicted molar refractivity (Wildman–Crippen MR) is 76.3 cm³/mol. The van der Waals surface area contributed by atoms with E-state index in [1.54, 1.807) is 11.8 Å². The van der Waals surface area contributed by atoms with Gasteiger partial charge >= 0.3 is 5.97 Å². The van der Waals surface area contributed by atoms with Gasteiger partial charge in [0.25, 0.3) is 5.91 Å². The van der Waals surface area contributed by atoms with Crippen molar-refractivity contribution in [3.05, 3.63) is 0 Å². The Kier molecular flexibility index (Phi) is 5.19. The average molecular weight is 285 g/mol. The molecule has 5 nitrogen and oxygen atoms in total. The summed E-state index contributed by atoms with van der Waals surface area (Å²) in [5.74, 6) is -0.450. The van der Waals surface area contributed by atoms with E-state index < -0.39 is 17.2 Å². The number of hydrogen-bond donors (Lipinski definition) is 0. The molecule has 0 aliphatic carbocycles. The number of ether oxygens (including phenoxy) is 2. The van der Waals surface area contributed by atoms with E-state index >= 15 is 0 Å². The fourth-order valence-corrected chi connectivity index (χ4v) is 2.31. The number of amides is 1. The molecule has 2 atom stereocenters. The van der Waals surface area contributed by atoms with Gasteiger partial charge in [0.15, 0.2) is 0 Å². The number of carbonyl (C=O) groups is 2. The molecule has 1 aliphatic rings. The lowest BCUT2D eigenvalue weighted by molar-refractivity contribution is -0.168. The molecule has 0 radical (unpaired) electrons. The fraction of sp³-hybridized carbons (Fsp3) is 0.867. The third kappa shape index (κ3) is 3.72. The van der Waals surface area contributed by atoms with E-state index in [4.69, 9.17) is 9.47 Å². The number of likely N-dealkylation sites (tertiary alicyclic amines) is 1. The molecule has 1 fully saturated rings. The third-order valence-electron chi connectivity index (χ3n) is 3.77. The van der Waals surface area contributed by atoms with E-state index in [1.165, 1.54) is 7.11 Å². The van der Waals surface area contributed by atoms with Gasteiger partial charge in [0.05, 0.1) is 0 Å². The Morgan fingerprint density at radius 1 is 1.25 bits per heavy atom. The van der Waals surface area contributed by atoms with E-state index in [0.29, 0.717) is 19.4 Å². The van der Waals surface area contributed by atoms with Crippen LogP contribution < -0.4 is 0 Å². The molecule has 1 heterocycles. The second kappa shape index (κ2) is 6.12. The molecule has 0 aromatic heterocycles. The Morgan fingerprint density at radius 3 is 2.30 bits per heavy atom. The third-order valence-corrected chi connectivity index (χ3v) is 3.77. The summed E-state index contributed by atoms with van der Waals surface area (Å²) >= 11 is 0. The van der Waals surface area contributed by atoms with Crippen LogP contribution in [0.4, 0.5) is 0 Å². The van der Waals surface area contributed by atoms with Gasteiger partial charge in [-0.1, -0.05) is 6.92 Å². The Morgan fingerprint density at radius 2 is 1.85 bits per heavy atom.